The van der Waals surface area contributed by atoms with E-state index < -0.39 is 89.5 Å². The Bertz CT molecular complexity index is 687. The van der Waals surface area contributed by atoms with Gasteiger partial charge in [-0.15, -0.1) is 0 Å². The van der Waals surface area contributed by atoms with Gasteiger partial charge in [0.15, 0.2) is 12.1 Å². The second-order valence-electron chi connectivity index (χ2n) is 7.71. The normalized spacial score (nSPS) is 45.9. The average Bonchev–Trinajstić information content (AvgIpc) is 3.11. The maximum atomic E-state index is 12.9. The first kappa shape index (κ1) is 23.2. The summed E-state index contributed by atoms with van der Waals surface area (Å²) < 4.78 is 49.8. The Morgan fingerprint density at radius 3 is 2.28 bits per heavy atom. The lowest BCUT2D eigenvalue weighted by molar-refractivity contribution is -0.218. The van der Waals surface area contributed by atoms with Gasteiger partial charge in [0, 0.05) is 0 Å². The van der Waals surface area contributed by atoms with Crippen molar-refractivity contribution in [3.8, 4) is 0 Å². The molecular weight excluding hydrogens is 418 g/mol. The molecule has 3 heterocycles. The van der Waals surface area contributed by atoms with E-state index in [1.807, 2.05) is 0 Å². The van der Waals surface area contributed by atoms with Crippen molar-refractivity contribution in [1.82, 2.24) is 4.72 Å². The number of sulfonamides is 1. The molecule has 0 aromatic heterocycles. The Kier molecular flexibility index (Phi) is 6.57. The molecule has 29 heavy (non-hydrogen) atoms. The average molecular weight is 445 g/mol. The zero-order chi connectivity index (χ0) is 21.7. The lowest BCUT2D eigenvalue weighted by Gasteiger charge is -2.40. The zero-order valence-electron chi connectivity index (χ0n) is 15.7. The minimum atomic E-state index is -4.58. The highest BCUT2D eigenvalue weighted by Gasteiger charge is 2.58. The second kappa shape index (κ2) is 8.22. The molecule has 7 N–H and O–H groups in total. The monoisotopic (exact) mass is 445 g/mol. The van der Waals surface area contributed by atoms with Crippen LogP contribution in [0.4, 0.5) is 0 Å². The van der Waals surface area contributed by atoms with Gasteiger partial charge in [0.1, 0.15) is 42.7 Å². The Morgan fingerprint density at radius 2 is 1.69 bits per heavy atom. The maximum absolute atomic E-state index is 12.9. The number of nitrogens with one attached hydrogen (secondary N) is 1. The first-order valence-corrected chi connectivity index (χ1v) is 10.6. The summed E-state index contributed by atoms with van der Waals surface area (Å²) in [6.07, 6.45) is -11.8. The second-order valence-corrected chi connectivity index (χ2v) is 9.50. The smallest absolute Gasteiger partial charge is 0.241 e. The molecule has 0 amide bonds. The highest BCUT2D eigenvalue weighted by Crippen LogP contribution is 2.39. The zero-order valence-corrected chi connectivity index (χ0v) is 16.5. The molecule has 170 valence electrons. The minimum absolute atomic E-state index is 0.730. The quantitative estimate of drug-likeness (QED) is 0.206. The Hall–Kier alpha value is -0.490. The first-order chi connectivity index (χ1) is 13.4. The van der Waals surface area contributed by atoms with Crippen LogP contribution in [0.15, 0.2) is 0 Å². The molecule has 3 saturated heterocycles. The number of aliphatic hydroxyl groups is 6. The van der Waals surface area contributed by atoms with Crippen molar-refractivity contribution in [2.24, 2.45) is 0 Å². The van der Waals surface area contributed by atoms with Gasteiger partial charge in [-0.2, -0.15) is 0 Å². The summed E-state index contributed by atoms with van der Waals surface area (Å²) in [5, 5.41) is 58.3. The number of fused-ring (bicyclic) bond motifs is 1. The van der Waals surface area contributed by atoms with Crippen LogP contribution in [0.1, 0.15) is 13.8 Å². The first-order valence-electron chi connectivity index (χ1n) is 9.03. The number of rotatable bonds is 6. The summed E-state index contributed by atoms with van der Waals surface area (Å²) in [7, 11) is -4.58. The van der Waals surface area contributed by atoms with E-state index in [1.165, 1.54) is 0 Å². The van der Waals surface area contributed by atoms with Gasteiger partial charge >= 0.3 is 0 Å². The maximum Gasteiger partial charge on any atom is 0.241 e. The topological polar surface area (TPSA) is 204 Å². The molecule has 0 radical (unpaired) electrons. The van der Waals surface area contributed by atoms with Crippen LogP contribution in [0.2, 0.25) is 0 Å². The van der Waals surface area contributed by atoms with Crippen molar-refractivity contribution in [3.05, 3.63) is 0 Å². The molecule has 0 bridgehead atoms. The van der Waals surface area contributed by atoms with E-state index in [2.05, 4.69) is 4.72 Å². The molecule has 0 spiro atoms. The molecule has 0 aliphatic carbocycles. The largest absolute Gasteiger partial charge is 0.394 e. The summed E-state index contributed by atoms with van der Waals surface area (Å²) in [5.41, 5.74) is -2.04. The van der Waals surface area contributed by atoms with Crippen LogP contribution in [-0.4, -0.2) is 119 Å². The summed E-state index contributed by atoms with van der Waals surface area (Å²) in [6.45, 7) is 1.63. The molecule has 13 nitrogen and oxygen atoms in total. The molecule has 0 aromatic rings. The number of ether oxygens (including phenoxy) is 4. The molecule has 3 fully saturated rings. The molecule has 3 aliphatic heterocycles. The van der Waals surface area contributed by atoms with E-state index in [4.69, 9.17) is 18.9 Å². The van der Waals surface area contributed by atoms with Gasteiger partial charge in [-0.3, -0.25) is 0 Å². The van der Waals surface area contributed by atoms with Crippen molar-refractivity contribution in [2.75, 3.05) is 13.2 Å². The molecule has 0 saturated carbocycles. The highest BCUT2D eigenvalue weighted by atomic mass is 32.2. The third-order valence-corrected chi connectivity index (χ3v) is 6.71. The molecule has 14 heteroatoms. The van der Waals surface area contributed by atoms with Crippen molar-refractivity contribution in [1.29, 1.82) is 0 Å². The van der Waals surface area contributed by atoms with E-state index in [0.29, 0.717) is 0 Å². The Labute approximate surface area is 166 Å². The van der Waals surface area contributed by atoms with Crippen molar-refractivity contribution in [2.45, 2.75) is 80.1 Å². The third kappa shape index (κ3) is 4.30. The van der Waals surface area contributed by atoms with Crippen LogP contribution in [0, 0.1) is 0 Å². The van der Waals surface area contributed by atoms with Crippen LogP contribution in [0.5, 0.6) is 0 Å². The molecule has 3 aliphatic rings. The van der Waals surface area contributed by atoms with Crippen molar-refractivity contribution in [3.63, 3.8) is 0 Å². The van der Waals surface area contributed by atoms with Crippen LogP contribution >= 0.6 is 0 Å². The van der Waals surface area contributed by atoms with E-state index in [-0.39, 0.29) is 0 Å². The SMILES string of the molecule is CC1(C)O[C@H]2O[C@H]([C@H](O)CO)[C@@H](NS(=O)(=O)[C@@H]3O[C@H](CO)[C@@H](O)[C@H](O)[C@H]3O)[C@H]2O1. The van der Waals surface area contributed by atoms with Gasteiger partial charge in [-0.1, -0.05) is 0 Å². The van der Waals surface area contributed by atoms with Gasteiger partial charge in [-0.25, -0.2) is 13.1 Å². The summed E-state index contributed by atoms with van der Waals surface area (Å²) in [6, 6.07) is -1.23. The van der Waals surface area contributed by atoms with Crippen molar-refractivity contribution < 1.29 is 58.0 Å². The summed E-state index contributed by atoms with van der Waals surface area (Å²) in [4.78, 5) is 0. The standard InChI is InChI=1S/C15H27NO12S/c1-15(2)27-12-7(11(5(19)3-17)26-13(12)28-15)16-29(23,24)14-10(22)9(21)8(20)6(4-18)25-14/h5-14,16-22H,3-4H2,1-2H3/t5-,6-,7-,8-,9+,10-,11-,12-,13-,14+/m1/s1. The lowest BCUT2D eigenvalue weighted by Crippen LogP contribution is -2.64. The van der Waals surface area contributed by atoms with E-state index in [1.54, 1.807) is 13.8 Å². The van der Waals surface area contributed by atoms with Gasteiger partial charge in [-0.05, 0) is 13.8 Å². The fourth-order valence-electron chi connectivity index (χ4n) is 3.68. The van der Waals surface area contributed by atoms with Gasteiger partial charge in [0.2, 0.25) is 15.5 Å². The number of aliphatic hydroxyl groups excluding tert-OH is 6. The third-order valence-electron chi connectivity index (χ3n) is 5.11. The summed E-state index contributed by atoms with van der Waals surface area (Å²) >= 11 is 0. The van der Waals surface area contributed by atoms with E-state index >= 15 is 0 Å². The van der Waals surface area contributed by atoms with Crippen LogP contribution in [0.3, 0.4) is 0 Å². The molecule has 0 unspecified atom stereocenters. The lowest BCUT2D eigenvalue weighted by atomic mass is 10.0. The Balaban J connectivity index is 1.84. The predicted molar refractivity (Wildman–Crippen MR) is 91.4 cm³/mol. The fourth-order valence-corrected chi connectivity index (χ4v) is 5.28. The van der Waals surface area contributed by atoms with Crippen molar-refractivity contribution >= 4 is 10.0 Å². The molecule has 10 atom stereocenters. The van der Waals surface area contributed by atoms with Gasteiger partial charge in [0.05, 0.1) is 19.3 Å². The number of hydrogen-bond acceptors (Lipinski definition) is 12. The van der Waals surface area contributed by atoms with E-state index in [0.717, 1.165) is 0 Å². The predicted octanol–water partition coefficient (Wildman–Crippen LogP) is -4.70. The summed E-state index contributed by atoms with van der Waals surface area (Å²) in [5.74, 6) is -1.10. The van der Waals surface area contributed by atoms with Crippen LogP contribution in [-0.2, 0) is 29.0 Å². The molecule has 3 rings (SSSR count). The van der Waals surface area contributed by atoms with E-state index in [9.17, 15) is 39.1 Å². The van der Waals surface area contributed by atoms with Gasteiger partial charge in [0.25, 0.3) is 0 Å². The van der Waals surface area contributed by atoms with Crippen LogP contribution < -0.4 is 4.72 Å². The van der Waals surface area contributed by atoms with Gasteiger partial charge < -0.3 is 49.6 Å². The highest BCUT2D eigenvalue weighted by molar-refractivity contribution is 7.90. The fraction of sp³-hybridized carbons (Fsp3) is 1.00. The number of hydrogen-bond donors (Lipinski definition) is 7. The molecular formula is C15H27NO12S. The minimum Gasteiger partial charge on any atom is -0.394 e. The van der Waals surface area contributed by atoms with Crippen LogP contribution in [0.25, 0.3) is 0 Å². The molecule has 0 aromatic carbocycles. The Morgan fingerprint density at radius 1 is 1.03 bits per heavy atom.